The summed E-state index contributed by atoms with van der Waals surface area (Å²) in [5.74, 6) is 1.67. The molecule has 5 nitrogen and oxygen atoms in total. The lowest BCUT2D eigenvalue weighted by Crippen LogP contribution is -2.45. The first kappa shape index (κ1) is 18.3. The molecular formula is C24H26N4O. The number of rotatable bonds is 4. The lowest BCUT2D eigenvalue weighted by molar-refractivity contribution is 0.136. The minimum Gasteiger partial charge on any atom is -0.495 e. The number of piperidine rings is 1. The first-order valence-electron chi connectivity index (χ1n) is 10.4. The Kier molecular flexibility index (Phi) is 4.76. The summed E-state index contributed by atoms with van der Waals surface area (Å²) in [6.07, 6.45) is 10.4. The molecule has 0 amide bonds. The zero-order valence-corrected chi connectivity index (χ0v) is 16.8. The van der Waals surface area contributed by atoms with Crippen LogP contribution in [0, 0.1) is 0 Å². The fourth-order valence-corrected chi connectivity index (χ4v) is 4.95. The summed E-state index contributed by atoms with van der Waals surface area (Å²) in [6, 6.07) is 12.4. The van der Waals surface area contributed by atoms with E-state index in [1.165, 1.54) is 36.1 Å². The molecule has 3 aromatic rings. The highest BCUT2D eigenvalue weighted by Crippen LogP contribution is 2.44. The van der Waals surface area contributed by atoms with Gasteiger partial charge >= 0.3 is 0 Å². The Morgan fingerprint density at radius 2 is 2.00 bits per heavy atom. The van der Waals surface area contributed by atoms with E-state index in [2.05, 4.69) is 39.3 Å². The third-order valence-electron chi connectivity index (χ3n) is 6.34. The van der Waals surface area contributed by atoms with E-state index >= 15 is 0 Å². The van der Waals surface area contributed by atoms with E-state index in [0.29, 0.717) is 0 Å². The van der Waals surface area contributed by atoms with E-state index in [9.17, 15) is 0 Å². The molecule has 1 aliphatic heterocycles. The standard InChI is InChI=1S/C24H26N4O/c1-29-21-12-18(13-25-15-21)16-28-11-5-9-24(17-28)10-8-20-14-26-23(27-22(20)24)19-6-3-2-4-7-19/h2-4,6-7,12-15H,5,8-11,16-17H2,1H3. The maximum absolute atomic E-state index is 5.34. The Balaban J connectivity index is 1.42. The van der Waals surface area contributed by atoms with Crippen molar-refractivity contribution >= 4 is 0 Å². The Morgan fingerprint density at radius 1 is 1.10 bits per heavy atom. The predicted octanol–water partition coefficient (Wildman–Crippen LogP) is 4.03. The molecule has 2 aliphatic rings. The number of methoxy groups -OCH3 is 1. The summed E-state index contributed by atoms with van der Waals surface area (Å²) in [5.41, 5.74) is 5.04. The van der Waals surface area contributed by atoms with Crippen molar-refractivity contribution < 1.29 is 4.74 Å². The van der Waals surface area contributed by atoms with Gasteiger partial charge in [0.2, 0.25) is 0 Å². The van der Waals surface area contributed by atoms with E-state index in [1.54, 1.807) is 13.3 Å². The molecule has 5 heteroatoms. The maximum Gasteiger partial charge on any atom is 0.159 e. The van der Waals surface area contributed by atoms with Gasteiger partial charge < -0.3 is 4.74 Å². The normalized spacial score (nSPS) is 21.3. The van der Waals surface area contributed by atoms with Crippen molar-refractivity contribution in [3.05, 3.63) is 71.8 Å². The van der Waals surface area contributed by atoms with Crippen molar-refractivity contribution in [3.63, 3.8) is 0 Å². The zero-order chi connectivity index (χ0) is 19.7. The molecule has 3 heterocycles. The van der Waals surface area contributed by atoms with Crippen LogP contribution in [0.3, 0.4) is 0 Å². The van der Waals surface area contributed by atoms with Gasteiger partial charge in [0.25, 0.3) is 0 Å². The third-order valence-corrected chi connectivity index (χ3v) is 6.34. The smallest absolute Gasteiger partial charge is 0.159 e. The average molecular weight is 386 g/mol. The third kappa shape index (κ3) is 3.51. The van der Waals surface area contributed by atoms with Crippen molar-refractivity contribution in [2.75, 3.05) is 20.2 Å². The van der Waals surface area contributed by atoms with Crippen LogP contribution in [0.5, 0.6) is 5.75 Å². The molecule has 1 aliphatic carbocycles. The van der Waals surface area contributed by atoms with Crippen molar-refractivity contribution in [3.8, 4) is 17.1 Å². The molecule has 0 N–H and O–H groups in total. The number of ether oxygens (including phenoxy) is 1. The number of likely N-dealkylation sites (tertiary alicyclic amines) is 1. The Labute approximate surface area is 171 Å². The molecule has 148 valence electrons. The topological polar surface area (TPSA) is 51.1 Å². The first-order valence-corrected chi connectivity index (χ1v) is 10.4. The highest BCUT2D eigenvalue weighted by atomic mass is 16.5. The van der Waals surface area contributed by atoms with Gasteiger partial charge in [-0.1, -0.05) is 30.3 Å². The fraction of sp³-hybridized carbons (Fsp3) is 0.375. The van der Waals surface area contributed by atoms with E-state index in [1.807, 2.05) is 24.4 Å². The van der Waals surface area contributed by atoms with Crippen LogP contribution >= 0.6 is 0 Å². The molecular weight excluding hydrogens is 360 g/mol. The summed E-state index contributed by atoms with van der Waals surface area (Å²) in [4.78, 5) is 16.6. The fourth-order valence-electron chi connectivity index (χ4n) is 4.95. The van der Waals surface area contributed by atoms with Gasteiger partial charge in [0.1, 0.15) is 5.75 Å². The van der Waals surface area contributed by atoms with Gasteiger partial charge in [-0.05, 0) is 49.4 Å². The molecule has 2 aromatic heterocycles. The van der Waals surface area contributed by atoms with Gasteiger partial charge in [-0.2, -0.15) is 0 Å². The molecule has 1 fully saturated rings. The molecule has 1 saturated heterocycles. The van der Waals surface area contributed by atoms with Crippen LogP contribution in [0.15, 0.2) is 55.0 Å². The Morgan fingerprint density at radius 3 is 2.86 bits per heavy atom. The van der Waals surface area contributed by atoms with E-state index in [0.717, 1.165) is 43.2 Å². The molecule has 1 aromatic carbocycles. The summed E-state index contributed by atoms with van der Waals surface area (Å²) in [5, 5.41) is 0. The molecule has 5 rings (SSSR count). The molecule has 1 atom stereocenters. The van der Waals surface area contributed by atoms with Crippen LogP contribution in [0.1, 0.15) is 36.1 Å². The largest absolute Gasteiger partial charge is 0.495 e. The summed E-state index contributed by atoms with van der Waals surface area (Å²) in [6.45, 7) is 3.06. The Bertz CT molecular complexity index is 1000. The quantitative estimate of drug-likeness (QED) is 0.678. The lowest BCUT2D eigenvalue weighted by atomic mass is 9.77. The average Bonchev–Trinajstić information content (AvgIpc) is 3.11. The van der Waals surface area contributed by atoms with Gasteiger partial charge in [-0.25, -0.2) is 9.97 Å². The second kappa shape index (κ2) is 7.56. The van der Waals surface area contributed by atoms with E-state index in [-0.39, 0.29) is 5.41 Å². The summed E-state index contributed by atoms with van der Waals surface area (Å²) >= 11 is 0. The number of aromatic nitrogens is 3. The molecule has 0 saturated carbocycles. The maximum atomic E-state index is 5.34. The minimum atomic E-state index is 0.145. The lowest BCUT2D eigenvalue weighted by Gasteiger charge is -2.40. The van der Waals surface area contributed by atoms with Crippen LogP contribution in [0.4, 0.5) is 0 Å². The number of hydrogen-bond acceptors (Lipinski definition) is 5. The van der Waals surface area contributed by atoms with Crippen molar-refractivity contribution in [2.24, 2.45) is 0 Å². The second-order valence-corrected chi connectivity index (χ2v) is 8.26. The zero-order valence-electron chi connectivity index (χ0n) is 16.8. The monoisotopic (exact) mass is 386 g/mol. The van der Waals surface area contributed by atoms with Crippen LogP contribution in [-0.2, 0) is 18.4 Å². The molecule has 0 radical (unpaired) electrons. The number of nitrogens with zero attached hydrogens (tertiary/aromatic N) is 4. The van der Waals surface area contributed by atoms with Crippen molar-refractivity contribution in [2.45, 2.75) is 37.6 Å². The van der Waals surface area contributed by atoms with Crippen molar-refractivity contribution in [1.82, 2.24) is 19.9 Å². The van der Waals surface area contributed by atoms with Crippen LogP contribution in [-0.4, -0.2) is 40.1 Å². The first-order chi connectivity index (χ1) is 14.3. The number of benzene rings is 1. The molecule has 1 unspecified atom stereocenters. The second-order valence-electron chi connectivity index (χ2n) is 8.26. The predicted molar refractivity (Wildman–Crippen MR) is 113 cm³/mol. The van der Waals surface area contributed by atoms with E-state index < -0.39 is 0 Å². The molecule has 1 spiro atoms. The molecule has 0 bridgehead atoms. The van der Waals surface area contributed by atoms with Crippen molar-refractivity contribution in [1.29, 1.82) is 0 Å². The highest BCUT2D eigenvalue weighted by molar-refractivity contribution is 5.55. The SMILES string of the molecule is COc1cncc(CN2CCCC3(CCc4cnc(-c5ccccc5)nc43)C2)c1. The van der Waals surface area contributed by atoms with Crippen LogP contribution < -0.4 is 4.74 Å². The van der Waals surface area contributed by atoms with Gasteiger partial charge in [0.05, 0.1) is 19.0 Å². The van der Waals surface area contributed by atoms with Gasteiger partial charge in [-0.3, -0.25) is 9.88 Å². The van der Waals surface area contributed by atoms with Gasteiger partial charge in [0, 0.05) is 36.5 Å². The van der Waals surface area contributed by atoms with Gasteiger partial charge in [-0.15, -0.1) is 0 Å². The minimum absolute atomic E-state index is 0.145. The number of fused-ring (bicyclic) bond motifs is 2. The van der Waals surface area contributed by atoms with E-state index in [4.69, 9.17) is 9.72 Å². The van der Waals surface area contributed by atoms with Gasteiger partial charge in [0.15, 0.2) is 5.82 Å². The van der Waals surface area contributed by atoms with Crippen LogP contribution in [0.25, 0.3) is 11.4 Å². The summed E-state index contributed by atoms with van der Waals surface area (Å²) in [7, 11) is 1.69. The van der Waals surface area contributed by atoms with Crippen LogP contribution in [0.2, 0.25) is 0 Å². The number of pyridine rings is 1. The Hall–Kier alpha value is -2.79. The number of hydrogen-bond donors (Lipinski definition) is 0. The highest BCUT2D eigenvalue weighted by Gasteiger charge is 2.43. The summed E-state index contributed by atoms with van der Waals surface area (Å²) < 4.78 is 5.34. The molecule has 29 heavy (non-hydrogen) atoms. The number of aryl methyl sites for hydroxylation is 1.